The number of alkyl halides is 2. The Bertz CT molecular complexity index is 654. The number of aromatic nitrogens is 1. The first-order valence-corrected chi connectivity index (χ1v) is 5.93. The summed E-state index contributed by atoms with van der Waals surface area (Å²) < 4.78 is 41.0. The molecule has 108 valence electrons. The fourth-order valence-corrected chi connectivity index (χ4v) is 1.59. The highest BCUT2D eigenvalue weighted by atomic mass is 19.3. The number of rotatable bonds is 5. The second-order valence-electron chi connectivity index (χ2n) is 4.01. The van der Waals surface area contributed by atoms with Crippen molar-refractivity contribution in [1.29, 1.82) is 0 Å². The van der Waals surface area contributed by atoms with Gasteiger partial charge in [-0.15, -0.1) is 0 Å². The van der Waals surface area contributed by atoms with E-state index in [2.05, 4.69) is 9.72 Å². The van der Waals surface area contributed by atoms with Gasteiger partial charge in [0.15, 0.2) is 5.78 Å². The zero-order valence-corrected chi connectivity index (χ0v) is 10.7. The Morgan fingerprint density at radius 2 is 1.90 bits per heavy atom. The Balaban J connectivity index is 2.06. The molecule has 0 fully saturated rings. The van der Waals surface area contributed by atoms with Crippen LogP contribution < -0.4 is 4.74 Å². The molecule has 0 aliphatic rings. The minimum absolute atomic E-state index is 0.0262. The Labute approximate surface area is 118 Å². The van der Waals surface area contributed by atoms with Crippen LogP contribution in [0.2, 0.25) is 0 Å². The molecule has 0 radical (unpaired) electrons. The summed E-state index contributed by atoms with van der Waals surface area (Å²) in [7, 11) is 0. The highest BCUT2D eigenvalue weighted by Gasteiger charge is 2.06. The van der Waals surface area contributed by atoms with E-state index < -0.39 is 12.6 Å². The number of ether oxygens (including phenoxy) is 1. The standard InChI is InChI=1S/C15H10F3NO2/c16-14-9-10(7-8-19-14)1-6-13(20)11-2-4-12(5-3-11)21-15(17)18/h1-9,15H/b6-1+. The second-order valence-corrected chi connectivity index (χ2v) is 4.01. The van der Waals surface area contributed by atoms with E-state index in [9.17, 15) is 18.0 Å². The number of carbonyl (C=O) groups excluding carboxylic acids is 1. The van der Waals surface area contributed by atoms with Crippen molar-refractivity contribution in [2.45, 2.75) is 6.61 Å². The average Bonchev–Trinajstić information content (AvgIpc) is 2.45. The molecule has 1 aromatic heterocycles. The number of hydrogen-bond acceptors (Lipinski definition) is 3. The zero-order chi connectivity index (χ0) is 15.2. The number of allylic oxidation sites excluding steroid dienone is 1. The van der Waals surface area contributed by atoms with Crippen LogP contribution in [0.4, 0.5) is 13.2 Å². The smallest absolute Gasteiger partial charge is 0.387 e. The SMILES string of the molecule is O=C(/C=C/c1ccnc(F)c1)c1ccc(OC(F)F)cc1. The van der Waals surface area contributed by atoms with Gasteiger partial charge in [-0.25, -0.2) is 4.98 Å². The highest BCUT2D eigenvalue weighted by molar-refractivity contribution is 6.06. The summed E-state index contributed by atoms with van der Waals surface area (Å²) in [6.07, 6.45) is 3.99. The van der Waals surface area contributed by atoms with Crippen LogP contribution in [0.5, 0.6) is 5.75 Å². The molecule has 1 aromatic carbocycles. The number of hydrogen-bond donors (Lipinski definition) is 0. The molecule has 0 spiro atoms. The summed E-state index contributed by atoms with van der Waals surface area (Å²) in [5.41, 5.74) is 0.802. The number of benzene rings is 1. The minimum atomic E-state index is -2.91. The van der Waals surface area contributed by atoms with Gasteiger partial charge in [-0.3, -0.25) is 4.79 Å². The largest absolute Gasteiger partial charge is 0.435 e. The van der Waals surface area contributed by atoms with Crippen LogP contribution in [-0.2, 0) is 0 Å². The van der Waals surface area contributed by atoms with E-state index in [1.165, 1.54) is 48.7 Å². The topological polar surface area (TPSA) is 39.2 Å². The summed E-state index contributed by atoms with van der Waals surface area (Å²) in [5, 5.41) is 0. The van der Waals surface area contributed by atoms with Gasteiger partial charge in [-0.2, -0.15) is 13.2 Å². The van der Waals surface area contributed by atoms with Crippen LogP contribution in [0, 0.1) is 5.95 Å². The molecule has 0 amide bonds. The molecule has 0 aliphatic heterocycles. The molecule has 3 nitrogen and oxygen atoms in total. The molecular weight excluding hydrogens is 283 g/mol. The van der Waals surface area contributed by atoms with Crippen LogP contribution in [0.25, 0.3) is 6.08 Å². The normalized spacial score (nSPS) is 11.0. The Kier molecular flexibility index (Phi) is 4.71. The first-order chi connectivity index (χ1) is 10.0. The predicted octanol–water partition coefficient (Wildman–Crippen LogP) is 3.72. The van der Waals surface area contributed by atoms with Crippen molar-refractivity contribution in [3.63, 3.8) is 0 Å². The fraction of sp³-hybridized carbons (Fsp3) is 0.0667. The molecule has 2 rings (SSSR count). The lowest BCUT2D eigenvalue weighted by Gasteiger charge is -2.04. The molecule has 0 N–H and O–H groups in total. The molecular formula is C15H10F3NO2. The zero-order valence-electron chi connectivity index (χ0n) is 10.7. The molecule has 0 bridgehead atoms. The molecule has 21 heavy (non-hydrogen) atoms. The van der Waals surface area contributed by atoms with Gasteiger partial charge in [0.05, 0.1) is 0 Å². The van der Waals surface area contributed by atoms with Crippen LogP contribution in [0.1, 0.15) is 15.9 Å². The molecule has 0 aliphatic carbocycles. The molecule has 0 saturated carbocycles. The van der Waals surface area contributed by atoms with Crippen LogP contribution in [0.3, 0.4) is 0 Å². The van der Waals surface area contributed by atoms with E-state index in [0.29, 0.717) is 11.1 Å². The summed E-state index contributed by atoms with van der Waals surface area (Å²) in [5.74, 6) is -1.00. The number of halogens is 3. The van der Waals surface area contributed by atoms with Gasteiger partial charge in [0.25, 0.3) is 0 Å². The van der Waals surface area contributed by atoms with Gasteiger partial charge in [0.2, 0.25) is 5.95 Å². The Morgan fingerprint density at radius 3 is 2.52 bits per heavy atom. The lowest BCUT2D eigenvalue weighted by molar-refractivity contribution is -0.0498. The minimum Gasteiger partial charge on any atom is -0.435 e. The van der Waals surface area contributed by atoms with Gasteiger partial charge < -0.3 is 4.74 Å². The van der Waals surface area contributed by atoms with Crippen molar-refractivity contribution >= 4 is 11.9 Å². The summed E-state index contributed by atoms with van der Waals surface area (Å²) in [4.78, 5) is 15.2. The van der Waals surface area contributed by atoms with Crippen LogP contribution >= 0.6 is 0 Å². The summed E-state index contributed by atoms with van der Waals surface area (Å²) >= 11 is 0. The molecule has 1 heterocycles. The number of carbonyl (C=O) groups is 1. The number of pyridine rings is 1. The van der Waals surface area contributed by atoms with Crippen molar-refractivity contribution in [3.05, 3.63) is 65.7 Å². The maximum atomic E-state index is 12.9. The van der Waals surface area contributed by atoms with E-state index in [0.717, 1.165) is 0 Å². The van der Waals surface area contributed by atoms with Crippen molar-refractivity contribution < 1.29 is 22.7 Å². The lowest BCUT2D eigenvalue weighted by Crippen LogP contribution is -2.02. The maximum absolute atomic E-state index is 12.9. The third-order valence-electron chi connectivity index (χ3n) is 2.54. The van der Waals surface area contributed by atoms with Gasteiger partial charge in [-0.05, 0) is 42.0 Å². The van der Waals surface area contributed by atoms with Gasteiger partial charge in [0, 0.05) is 17.8 Å². The van der Waals surface area contributed by atoms with Gasteiger partial charge >= 0.3 is 6.61 Å². The number of nitrogens with zero attached hydrogens (tertiary/aromatic N) is 1. The van der Waals surface area contributed by atoms with E-state index in [1.54, 1.807) is 6.07 Å². The van der Waals surface area contributed by atoms with Crippen molar-refractivity contribution in [2.24, 2.45) is 0 Å². The molecule has 2 aromatic rings. The summed E-state index contributed by atoms with van der Waals surface area (Å²) in [6, 6.07) is 8.03. The third-order valence-corrected chi connectivity index (χ3v) is 2.54. The second kappa shape index (κ2) is 6.69. The van der Waals surface area contributed by atoms with E-state index in [1.807, 2.05) is 0 Å². The first kappa shape index (κ1) is 14.8. The molecule has 6 heteroatoms. The van der Waals surface area contributed by atoms with E-state index >= 15 is 0 Å². The molecule has 0 atom stereocenters. The quantitative estimate of drug-likeness (QED) is 0.479. The van der Waals surface area contributed by atoms with Gasteiger partial charge in [0.1, 0.15) is 5.75 Å². The average molecular weight is 293 g/mol. The first-order valence-electron chi connectivity index (χ1n) is 5.93. The maximum Gasteiger partial charge on any atom is 0.387 e. The Morgan fingerprint density at radius 1 is 1.19 bits per heavy atom. The lowest BCUT2D eigenvalue weighted by atomic mass is 10.1. The summed E-state index contributed by atoms with van der Waals surface area (Å²) in [6.45, 7) is -2.91. The molecule has 0 saturated heterocycles. The van der Waals surface area contributed by atoms with Crippen molar-refractivity contribution in [2.75, 3.05) is 0 Å². The predicted molar refractivity (Wildman–Crippen MR) is 70.6 cm³/mol. The van der Waals surface area contributed by atoms with E-state index in [4.69, 9.17) is 0 Å². The van der Waals surface area contributed by atoms with Crippen LogP contribution in [-0.4, -0.2) is 17.4 Å². The fourth-order valence-electron chi connectivity index (χ4n) is 1.59. The Hall–Kier alpha value is -2.63. The third kappa shape index (κ3) is 4.45. The van der Waals surface area contributed by atoms with Gasteiger partial charge in [-0.1, -0.05) is 6.08 Å². The van der Waals surface area contributed by atoms with E-state index in [-0.39, 0.29) is 11.5 Å². The number of ketones is 1. The highest BCUT2D eigenvalue weighted by Crippen LogP contribution is 2.15. The molecule has 0 unspecified atom stereocenters. The monoisotopic (exact) mass is 293 g/mol. The van der Waals surface area contributed by atoms with Crippen LogP contribution in [0.15, 0.2) is 48.7 Å². The van der Waals surface area contributed by atoms with Crippen molar-refractivity contribution in [3.8, 4) is 5.75 Å². The van der Waals surface area contributed by atoms with Crippen molar-refractivity contribution in [1.82, 2.24) is 4.98 Å².